The fraction of sp³-hybridized carbons (Fsp3) is 0.227. The predicted octanol–water partition coefficient (Wildman–Crippen LogP) is 4.88. The van der Waals surface area contributed by atoms with Crippen LogP contribution in [0.15, 0.2) is 54.9 Å². The molecule has 0 saturated heterocycles. The highest BCUT2D eigenvalue weighted by Crippen LogP contribution is 2.19. The maximum Gasteiger partial charge on any atom is 0.275 e. The van der Waals surface area contributed by atoms with Gasteiger partial charge in [-0.1, -0.05) is 6.07 Å². The van der Waals surface area contributed by atoms with Gasteiger partial charge in [-0.15, -0.1) is 0 Å². The minimum absolute atomic E-state index is 0.103. The van der Waals surface area contributed by atoms with Gasteiger partial charge in [0.25, 0.3) is 5.91 Å². The highest BCUT2D eigenvalue weighted by Gasteiger charge is 2.09. The number of amides is 1. The van der Waals surface area contributed by atoms with E-state index in [0.717, 1.165) is 22.6 Å². The van der Waals surface area contributed by atoms with Gasteiger partial charge >= 0.3 is 0 Å². The number of nitrogens with zero attached hydrogens (tertiary/aromatic N) is 2. The minimum Gasteiger partial charge on any atom is -0.491 e. The number of aromatic nitrogens is 2. The highest BCUT2D eigenvalue weighted by atomic mass is 16.5. The van der Waals surface area contributed by atoms with Crippen LogP contribution in [0.1, 0.15) is 35.5 Å². The van der Waals surface area contributed by atoms with Crippen LogP contribution in [0.2, 0.25) is 0 Å². The summed E-state index contributed by atoms with van der Waals surface area (Å²) in [6.07, 6.45) is 3.11. The summed E-state index contributed by atoms with van der Waals surface area (Å²) in [5.74, 6) is 1.02. The number of nitrogens with one attached hydrogen (secondary N) is 2. The molecule has 28 heavy (non-hydrogen) atoms. The number of carbonyl (C=O) groups is 1. The fourth-order valence-corrected chi connectivity index (χ4v) is 2.79. The number of ether oxygens (including phenoxy) is 1. The van der Waals surface area contributed by atoms with Crippen LogP contribution >= 0.6 is 0 Å². The first-order chi connectivity index (χ1) is 13.4. The van der Waals surface area contributed by atoms with E-state index in [0.29, 0.717) is 11.5 Å². The normalized spacial score (nSPS) is 10.6. The van der Waals surface area contributed by atoms with Crippen LogP contribution in [-0.4, -0.2) is 22.0 Å². The number of aryl methyl sites for hydroxylation is 2. The van der Waals surface area contributed by atoms with Crippen molar-refractivity contribution in [2.24, 2.45) is 0 Å². The molecular formula is C22H24N4O2. The van der Waals surface area contributed by atoms with Gasteiger partial charge in [-0.05, 0) is 75.2 Å². The van der Waals surface area contributed by atoms with Crippen LogP contribution in [-0.2, 0) is 0 Å². The summed E-state index contributed by atoms with van der Waals surface area (Å²) in [5.41, 5.74) is 4.18. The Balaban J connectivity index is 1.63. The Labute approximate surface area is 165 Å². The Bertz CT molecular complexity index is 931. The average molecular weight is 376 g/mol. The molecule has 0 aliphatic heterocycles. The Morgan fingerprint density at radius 1 is 0.929 bits per heavy atom. The summed E-state index contributed by atoms with van der Waals surface area (Å²) in [6, 6.07) is 13.4. The first kappa shape index (κ1) is 19.4. The second-order valence-corrected chi connectivity index (χ2v) is 6.93. The van der Waals surface area contributed by atoms with Crippen molar-refractivity contribution in [2.45, 2.75) is 33.8 Å². The maximum atomic E-state index is 12.4. The van der Waals surface area contributed by atoms with Gasteiger partial charge in [0.2, 0.25) is 0 Å². The van der Waals surface area contributed by atoms with Crippen molar-refractivity contribution in [1.29, 1.82) is 0 Å². The van der Waals surface area contributed by atoms with Gasteiger partial charge in [0.15, 0.2) is 0 Å². The number of carbonyl (C=O) groups excluding carboxylic acids is 1. The van der Waals surface area contributed by atoms with E-state index in [4.69, 9.17) is 4.74 Å². The Morgan fingerprint density at radius 3 is 2.18 bits per heavy atom. The van der Waals surface area contributed by atoms with Crippen molar-refractivity contribution < 1.29 is 9.53 Å². The molecule has 0 bridgehead atoms. The predicted molar refractivity (Wildman–Crippen MR) is 111 cm³/mol. The van der Waals surface area contributed by atoms with Crippen LogP contribution in [0, 0.1) is 13.8 Å². The zero-order valence-electron chi connectivity index (χ0n) is 16.5. The monoisotopic (exact) mass is 376 g/mol. The number of hydrogen-bond donors (Lipinski definition) is 2. The van der Waals surface area contributed by atoms with Crippen LogP contribution in [0.4, 0.5) is 17.2 Å². The van der Waals surface area contributed by atoms with Gasteiger partial charge < -0.3 is 15.4 Å². The van der Waals surface area contributed by atoms with Crippen molar-refractivity contribution in [2.75, 3.05) is 10.6 Å². The summed E-state index contributed by atoms with van der Waals surface area (Å²) < 4.78 is 5.59. The molecule has 0 aliphatic rings. The maximum absolute atomic E-state index is 12.4. The Kier molecular flexibility index (Phi) is 5.89. The summed E-state index contributed by atoms with van der Waals surface area (Å²) in [5, 5.41) is 6.01. The van der Waals surface area contributed by atoms with Gasteiger partial charge in [0, 0.05) is 11.4 Å². The van der Waals surface area contributed by atoms with Crippen molar-refractivity contribution in [3.8, 4) is 5.75 Å². The lowest BCUT2D eigenvalue weighted by Gasteiger charge is -2.11. The molecule has 2 aromatic carbocycles. The van der Waals surface area contributed by atoms with Crippen molar-refractivity contribution in [1.82, 2.24) is 9.97 Å². The molecule has 0 saturated carbocycles. The molecule has 3 aromatic rings. The molecule has 0 spiro atoms. The van der Waals surface area contributed by atoms with Gasteiger partial charge in [-0.2, -0.15) is 0 Å². The van der Waals surface area contributed by atoms with Crippen LogP contribution in [0.25, 0.3) is 0 Å². The van der Waals surface area contributed by atoms with E-state index in [9.17, 15) is 4.79 Å². The van der Waals surface area contributed by atoms with Gasteiger partial charge in [0.05, 0.1) is 18.5 Å². The first-order valence-electron chi connectivity index (χ1n) is 9.14. The largest absolute Gasteiger partial charge is 0.491 e. The van der Waals surface area contributed by atoms with Crippen molar-refractivity contribution >= 4 is 23.1 Å². The number of benzene rings is 2. The molecule has 2 N–H and O–H groups in total. The van der Waals surface area contributed by atoms with E-state index in [1.807, 2.05) is 52.0 Å². The molecule has 6 heteroatoms. The summed E-state index contributed by atoms with van der Waals surface area (Å²) in [7, 11) is 0. The van der Waals surface area contributed by atoms with E-state index >= 15 is 0 Å². The molecule has 1 aromatic heterocycles. The lowest BCUT2D eigenvalue weighted by Crippen LogP contribution is -2.14. The zero-order chi connectivity index (χ0) is 20.1. The topological polar surface area (TPSA) is 76.1 Å². The molecule has 6 nitrogen and oxygen atoms in total. The summed E-state index contributed by atoms with van der Waals surface area (Å²) >= 11 is 0. The second-order valence-electron chi connectivity index (χ2n) is 6.93. The first-order valence-corrected chi connectivity index (χ1v) is 9.14. The smallest absolute Gasteiger partial charge is 0.275 e. The molecule has 3 rings (SSSR count). The highest BCUT2D eigenvalue weighted by molar-refractivity contribution is 6.02. The molecular weight excluding hydrogens is 352 g/mol. The fourth-order valence-electron chi connectivity index (χ4n) is 2.79. The van der Waals surface area contributed by atoms with Gasteiger partial charge in [-0.3, -0.25) is 4.79 Å². The SMILES string of the molecule is Cc1cc(C)cc(Nc2cnc(C(=O)Nc3ccc(OC(C)C)cc3)cn2)c1. The quantitative estimate of drug-likeness (QED) is 0.641. The van der Waals surface area contributed by atoms with Crippen LogP contribution < -0.4 is 15.4 Å². The zero-order valence-corrected chi connectivity index (χ0v) is 16.5. The van der Waals surface area contributed by atoms with E-state index < -0.39 is 0 Å². The van der Waals surface area contributed by atoms with E-state index in [1.54, 1.807) is 18.3 Å². The molecule has 0 fully saturated rings. The van der Waals surface area contributed by atoms with Gasteiger partial charge in [-0.25, -0.2) is 9.97 Å². The van der Waals surface area contributed by atoms with Crippen LogP contribution in [0.5, 0.6) is 5.75 Å². The van der Waals surface area contributed by atoms with Crippen LogP contribution in [0.3, 0.4) is 0 Å². The Hall–Kier alpha value is -3.41. The third kappa shape index (κ3) is 5.30. The van der Waals surface area contributed by atoms with Gasteiger partial charge in [0.1, 0.15) is 17.3 Å². The number of rotatable bonds is 6. The standard InChI is InChI=1S/C22H24N4O2/c1-14(2)28-19-7-5-17(6-8-19)26-22(27)20-12-24-21(13-23-20)25-18-10-15(3)9-16(4)11-18/h5-14H,1-4H3,(H,24,25)(H,26,27). The Morgan fingerprint density at radius 2 is 1.61 bits per heavy atom. The summed E-state index contributed by atoms with van der Waals surface area (Å²) in [6.45, 7) is 8.01. The van der Waals surface area contributed by atoms with E-state index in [-0.39, 0.29) is 17.7 Å². The minimum atomic E-state index is -0.317. The summed E-state index contributed by atoms with van der Waals surface area (Å²) in [4.78, 5) is 20.9. The third-order valence-electron chi connectivity index (χ3n) is 3.86. The van der Waals surface area contributed by atoms with E-state index in [2.05, 4.69) is 26.7 Å². The molecule has 1 amide bonds. The molecule has 0 aliphatic carbocycles. The average Bonchev–Trinajstić information content (AvgIpc) is 2.62. The molecule has 144 valence electrons. The second kappa shape index (κ2) is 8.52. The molecule has 0 radical (unpaired) electrons. The third-order valence-corrected chi connectivity index (χ3v) is 3.86. The van der Waals surface area contributed by atoms with Crippen molar-refractivity contribution in [3.05, 3.63) is 71.7 Å². The van der Waals surface area contributed by atoms with Crippen molar-refractivity contribution in [3.63, 3.8) is 0 Å². The number of hydrogen-bond acceptors (Lipinski definition) is 5. The lowest BCUT2D eigenvalue weighted by atomic mass is 10.1. The lowest BCUT2D eigenvalue weighted by molar-refractivity contribution is 0.102. The molecule has 0 atom stereocenters. The molecule has 0 unspecified atom stereocenters. The van der Waals surface area contributed by atoms with E-state index in [1.165, 1.54) is 6.20 Å². The number of anilines is 3. The molecule has 1 heterocycles.